The number of aromatic nitrogens is 1. The number of carbonyl (C=O) groups is 3. The second-order valence-electron chi connectivity index (χ2n) is 5.45. The van der Waals surface area contributed by atoms with Crippen molar-refractivity contribution in [1.82, 2.24) is 15.2 Å². The summed E-state index contributed by atoms with van der Waals surface area (Å²) in [4.78, 5) is 45.9. The molecule has 0 aromatic carbocycles. The Hall–Kier alpha value is -1.64. The maximum Gasteiger partial charge on any atom is 1.00 e. The van der Waals surface area contributed by atoms with E-state index in [9.17, 15) is 24.6 Å². The van der Waals surface area contributed by atoms with Gasteiger partial charge in [0.05, 0.1) is 18.3 Å². The Balaban J connectivity index is 0.00000280. The van der Waals surface area contributed by atoms with Crippen LogP contribution in [0.3, 0.4) is 0 Å². The van der Waals surface area contributed by atoms with Gasteiger partial charge in [0.25, 0.3) is 11.8 Å². The predicted molar refractivity (Wildman–Crippen MR) is 94.2 cm³/mol. The third-order valence-electron chi connectivity index (χ3n) is 3.88. The van der Waals surface area contributed by atoms with Crippen LogP contribution in [0.2, 0.25) is 0 Å². The van der Waals surface area contributed by atoms with Crippen molar-refractivity contribution in [3.05, 3.63) is 22.3 Å². The molecule has 3 heterocycles. The van der Waals surface area contributed by atoms with E-state index in [2.05, 4.69) is 20.3 Å². The molecule has 0 unspecified atom stereocenters. The van der Waals surface area contributed by atoms with Crippen molar-refractivity contribution in [2.75, 3.05) is 25.2 Å². The average molecular weight is 435 g/mol. The van der Waals surface area contributed by atoms with Crippen LogP contribution < -0.4 is 45.7 Å². The maximum absolute atomic E-state index is 12.5. The van der Waals surface area contributed by atoms with Gasteiger partial charge in [0, 0.05) is 11.1 Å². The number of hydrogen-bond acceptors (Lipinski definition) is 11. The van der Waals surface area contributed by atoms with E-state index in [1.54, 1.807) is 0 Å². The number of anilines is 1. The number of thiazole rings is 1. The number of hydrogen-bond donors (Lipinski definition) is 3. The minimum atomic E-state index is -1.55. The summed E-state index contributed by atoms with van der Waals surface area (Å²) in [6.07, 6.45) is 0. The molecule has 1 aromatic heterocycles. The van der Waals surface area contributed by atoms with Crippen LogP contribution in [-0.2, 0) is 19.2 Å². The minimum Gasteiger partial charge on any atom is -0.543 e. The van der Waals surface area contributed by atoms with Crippen molar-refractivity contribution in [3.63, 3.8) is 0 Å². The molecule has 1 fully saturated rings. The normalized spacial score (nSPS) is 21.4. The van der Waals surface area contributed by atoms with Gasteiger partial charge in [0.2, 0.25) is 0 Å². The van der Waals surface area contributed by atoms with Gasteiger partial charge in [0.1, 0.15) is 24.2 Å². The van der Waals surface area contributed by atoms with E-state index in [0.717, 1.165) is 16.2 Å². The number of nitrogens with zero attached hydrogens (tertiary/aromatic N) is 3. The van der Waals surface area contributed by atoms with Gasteiger partial charge < -0.3 is 30.9 Å². The largest absolute Gasteiger partial charge is 1.00 e. The second kappa shape index (κ2) is 9.24. The summed E-state index contributed by atoms with van der Waals surface area (Å²) in [6.45, 7) is -0.500. The van der Waals surface area contributed by atoms with Crippen LogP contribution in [0.4, 0.5) is 5.13 Å². The number of aliphatic hydroxyl groups excluding tert-OH is 1. The number of thioether (sulfide) groups is 1. The first kappa shape index (κ1) is 22.6. The molecule has 0 saturated carbocycles. The summed E-state index contributed by atoms with van der Waals surface area (Å²) < 4.78 is 0. The van der Waals surface area contributed by atoms with Crippen molar-refractivity contribution in [1.29, 1.82) is 0 Å². The molecular formula is C14H14N5NaO6S2. The number of carbonyl (C=O) groups excluding carboxylic acids is 3. The standard InChI is InChI=1S/C14H15N5O6S2.Na/c1-25-18-7(6-4-27-14(15)16-6)10(21)17-8-11(22)19-9(13(23)24)5(2-20)3-26-12(8)19;/h4,8,12,20H,2-3H2,1H3,(H2,15,16)(H,17,21)(H,23,24);/q;+1/p-1/t8-,12+;/m1./s1. The van der Waals surface area contributed by atoms with Crippen molar-refractivity contribution in [3.8, 4) is 0 Å². The van der Waals surface area contributed by atoms with Gasteiger partial charge in [-0.05, 0) is 5.57 Å². The number of carboxylic acid groups (broad SMARTS) is 1. The van der Waals surface area contributed by atoms with Gasteiger partial charge in [-0.1, -0.05) is 5.16 Å². The van der Waals surface area contributed by atoms with Crippen molar-refractivity contribution in [2.45, 2.75) is 11.4 Å². The number of nitrogens with one attached hydrogen (secondary N) is 1. The van der Waals surface area contributed by atoms with Crippen molar-refractivity contribution >= 4 is 51.7 Å². The molecule has 144 valence electrons. The summed E-state index contributed by atoms with van der Waals surface area (Å²) in [6, 6.07) is -0.963. The van der Waals surface area contributed by atoms with Gasteiger partial charge in [-0.3, -0.25) is 14.5 Å². The second-order valence-corrected chi connectivity index (χ2v) is 7.45. The topological polar surface area (TPSA) is 170 Å². The number of β-lactam (4-membered cyclic amide) rings is 1. The first-order valence-electron chi connectivity index (χ1n) is 7.51. The molecule has 1 aromatic rings. The Labute approximate surface area is 189 Å². The Morgan fingerprint density at radius 1 is 1.57 bits per heavy atom. The van der Waals surface area contributed by atoms with Crippen LogP contribution in [-0.4, -0.2) is 69.4 Å². The van der Waals surface area contributed by atoms with E-state index in [-0.39, 0.29) is 63.1 Å². The van der Waals surface area contributed by atoms with Gasteiger partial charge in [-0.15, -0.1) is 23.1 Å². The molecule has 11 nitrogen and oxygen atoms in total. The quantitative estimate of drug-likeness (QED) is 0.171. The van der Waals surface area contributed by atoms with Crippen LogP contribution in [0, 0.1) is 0 Å². The van der Waals surface area contributed by atoms with Crippen molar-refractivity contribution in [2.24, 2.45) is 5.16 Å². The molecule has 0 aliphatic carbocycles. The van der Waals surface area contributed by atoms with E-state index in [1.165, 1.54) is 24.3 Å². The van der Waals surface area contributed by atoms with Crippen LogP contribution in [0.25, 0.3) is 0 Å². The molecule has 2 aliphatic heterocycles. The number of fused-ring (bicyclic) bond motifs is 1. The van der Waals surface area contributed by atoms with Crippen LogP contribution in [0.5, 0.6) is 0 Å². The summed E-state index contributed by atoms with van der Waals surface area (Å²) in [7, 11) is 1.25. The molecule has 0 spiro atoms. The van der Waals surface area contributed by atoms with Crippen molar-refractivity contribution < 1.29 is 59.0 Å². The molecule has 2 aliphatic rings. The number of oxime groups is 1. The fourth-order valence-electron chi connectivity index (χ4n) is 2.70. The first-order valence-corrected chi connectivity index (χ1v) is 9.44. The van der Waals surface area contributed by atoms with Gasteiger partial charge >= 0.3 is 29.6 Å². The molecule has 2 atom stereocenters. The molecule has 0 radical (unpaired) electrons. The monoisotopic (exact) mass is 435 g/mol. The number of aliphatic carboxylic acids is 1. The van der Waals surface area contributed by atoms with Gasteiger partial charge in [0.15, 0.2) is 10.8 Å². The fraction of sp³-hybridized carbons (Fsp3) is 0.357. The summed E-state index contributed by atoms with van der Waals surface area (Å²) in [5, 5.41) is 27.9. The predicted octanol–water partition coefficient (Wildman–Crippen LogP) is -5.52. The Bertz CT molecular complexity index is 872. The van der Waals surface area contributed by atoms with Crippen LogP contribution >= 0.6 is 23.1 Å². The van der Waals surface area contributed by atoms with E-state index in [0.29, 0.717) is 0 Å². The zero-order chi connectivity index (χ0) is 19.7. The Morgan fingerprint density at radius 3 is 2.82 bits per heavy atom. The first-order chi connectivity index (χ1) is 12.9. The van der Waals surface area contributed by atoms with Gasteiger partial charge in [-0.2, -0.15) is 0 Å². The third-order valence-corrected chi connectivity index (χ3v) is 5.89. The van der Waals surface area contributed by atoms with Crippen LogP contribution in [0.15, 0.2) is 21.8 Å². The van der Waals surface area contributed by atoms with E-state index in [4.69, 9.17) is 5.73 Å². The number of aliphatic hydroxyl groups is 1. The zero-order valence-electron chi connectivity index (χ0n) is 14.9. The molecule has 0 bridgehead atoms. The molecule has 3 rings (SSSR count). The third kappa shape index (κ3) is 4.04. The molecule has 1 saturated heterocycles. The maximum atomic E-state index is 12.5. The number of rotatable bonds is 6. The number of nitrogens with two attached hydrogens (primary N) is 1. The molecule has 28 heavy (non-hydrogen) atoms. The number of carboxylic acids is 1. The Morgan fingerprint density at radius 2 is 2.29 bits per heavy atom. The smallest absolute Gasteiger partial charge is 0.543 e. The number of amides is 2. The summed E-state index contributed by atoms with van der Waals surface area (Å²) in [5.74, 6) is -2.70. The zero-order valence-corrected chi connectivity index (χ0v) is 18.5. The molecule has 2 amide bonds. The molecule has 14 heteroatoms. The van der Waals surface area contributed by atoms with Gasteiger partial charge in [-0.25, -0.2) is 4.98 Å². The van der Waals surface area contributed by atoms with E-state index in [1.807, 2.05) is 0 Å². The summed E-state index contributed by atoms with van der Waals surface area (Å²) >= 11 is 2.33. The van der Waals surface area contributed by atoms with E-state index < -0.39 is 35.8 Å². The average Bonchev–Trinajstić information content (AvgIpc) is 3.08. The molecule has 4 N–H and O–H groups in total. The Kier molecular flexibility index (Phi) is 7.47. The van der Waals surface area contributed by atoms with Crippen LogP contribution in [0.1, 0.15) is 5.69 Å². The molecular weight excluding hydrogens is 421 g/mol. The van der Waals surface area contributed by atoms with E-state index >= 15 is 0 Å². The SMILES string of the molecule is CON=C(C(=O)N[C@@H]1C(=O)N2C(C(=O)[O-])=C(CO)CS[C@@H]12)c1csc(N)n1.[Na+]. The number of nitrogen functional groups attached to an aromatic ring is 1. The minimum absolute atomic E-state index is 0. The summed E-state index contributed by atoms with van der Waals surface area (Å²) in [5.41, 5.74) is 5.42. The fourth-order valence-corrected chi connectivity index (χ4v) is 4.58.